The molecule has 1 aromatic carbocycles. The maximum atomic E-state index is 12.4. The van der Waals surface area contributed by atoms with Gasteiger partial charge in [-0.15, -0.1) is 0 Å². The molecular formula is C16H23N3O2. The number of nitrogens with two attached hydrogens (primary N) is 1. The van der Waals surface area contributed by atoms with Gasteiger partial charge >= 0.3 is 0 Å². The third-order valence-electron chi connectivity index (χ3n) is 3.64. The van der Waals surface area contributed by atoms with E-state index in [1.807, 2.05) is 35.2 Å². The van der Waals surface area contributed by atoms with Crippen molar-refractivity contribution in [3.63, 3.8) is 0 Å². The van der Waals surface area contributed by atoms with Crippen LogP contribution in [-0.4, -0.2) is 53.3 Å². The predicted octanol–water partition coefficient (Wildman–Crippen LogP) is 1.10. The van der Waals surface area contributed by atoms with Gasteiger partial charge in [0.05, 0.1) is 5.54 Å². The maximum Gasteiger partial charge on any atom is 0.253 e. The van der Waals surface area contributed by atoms with Crippen LogP contribution in [0.2, 0.25) is 0 Å². The Bertz CT molecular complexity index is 508. The molecule has 2 N–H and O–H groups in total. The smallest absolute Gasteiger partial charge is 0.253 e. The number of hydrogen-bond donors (Lipinski definition) is 1. The molecule has 1 fully saturated rings. The van der Waals surface area contributed by atoms with Gasteiger partial charge in [-0.3, -0.25) is 9.59 Å². The number of hydrogen-bond acceptors (Lipinski definition) is 3. The molecule has 2 rings (SSSR count). The number of nitrogens with zero attached hydrogens (tertiary/aromatic N) is 2. The average molecular weight is 289 g/mol. The lowest BCUT2D eigenvalue weighted by Crippen LogP contribution is -2.52. The van der Waals surface area contributed by atoms with Gasteiger partial charge in [0.15, 0.2) is 0 Å². The van der Waals surface area contributed by atoms with Crippen molar-refractivity contribution in [3.05, 3.63) is 35.9 Å². The summed E-state index contributed by atoms with van der Waals surface area (Å²) in [5.41, 5.74) is 5.70. The third-order valence-corrected chi connectivity index (χ3v) is 3.64. The van der Waals surface area contributed by atoms with Crippen molar-refractivity contribution >= 4 is 11.8 Å². The Balaban J connectivity index is 2.01. The van der Waals surface area contributed by atoms with Crippen LogP contribution in [0.15, 0.2) is 30.3 Å². The van der Waals surface area contributed by atoms with Crippen molar-refractivity contribution in [1.82, 2.24) is 9.80 Å². The molecule has 1 saturated heterocycles. The third kappa shape index (κ3) is 3.82. The minimum absolute atomic E-state index is 0.0249. The van der Waals surface area contributed by atoms with Crippen LogP contribution < -0.4 is 5.73 Å². The summed E-state index contributed by atoms with van der Waals surface area (Å²) >= 11 is 0. The quantitative estimate of drug-likeness (QED) is 0.886. The second-order valence-corrected chi connectivity index (χ2v) is 6.03. The normalized spacial score (nSPS) is 16.5. The fourth-order valence-electron chi connectivity index (χ4n) is 2.49. The lowest BCUT2D eigenvalue weighted by molar-refractivity contribution is -0.135. The molecule has 5 nitrogen and oxygen atoms in total. The van der Waals surface area contributed by atoms with Crippen LogP contribution >= 0.6 is 0 Å². The van der Waals surface area contributed by atoms with E-state index < -0.39 is 5.54 Å². The van der Waals surface area contributed by atoms with Crippen molar-refractivity contribution < 1.29 is 9.59 Å². The minimum Gasteiger partial charge on any atom is -0.339 e. The molecule has 114 valence electrons. The highest BCUT2D eigenvalue weighted by molar-refractivity contribution is 5.94. The van der Waals surface area contributed by atoms with Crippen molar-refractivity contribution in [2.24, 2.45) is 5.73 Å². The lowest BCUT2D eigenvalue weighted by atomic mass is 10.1. The van der Waals surface area contributed by atoms with Crippen LogP contribution in [0.5, 0.6) is 0 Å². The molecule has 0 aromatic heterocycles. The van der Waals surface area contributed by atoms with Gasteiger partial charge in [0, 0.05) is 31.7 Å². The van der Waals surface area contributed by atoms with Crippen LogP contribution in [0.4, 0.5) is 0 Å². The number of carbonyl (C=O) groups is 2. The van der Waals surface area contributed by atoms with E-state index in [0.717, 1.165) is 6.42 Å². The molecule has 1 aromatic rings. The van der Waals surface area contributed by atoms with Gasteiger partial charge in [-0.25, -0.2) is 0 Å². The fourth-order valence-corrected chi connectivity index (χ4v) is 2.49. The second-order valence-electron chi connectivity index (χ2n) is 6.03. The summed E-state index contributed by atoms with van der Waals surface area (Å²) in [6, 6.07) is 9.25. The van der Waals surface area contributed by atoms with Crippen LogP contribution in [0.25, 0.3) is 0 Å². The molecular weight excluding hydrogens is 266 g/mol. The first-order chi connectivity index (χ1) is 9.89. The molecule has 21 heavy (non-hydrogen) atoms. The van der Waals surface area contributed by atoms with E-state index in [0.29, 0.717) is 31.7 Å². The SMILES string of the molecule is CC(C)(N)C(=O)N1CCCN(C(=O)c2ccccc2)CC1. The molecule has 2 amide bonds. The molecule has 0 unspecified atom stereocenters. The molecule has 0 atom stereocenters. The van der Waals surface area contributed by atoms with E-state index in [-0.39, 0.29) is 11.8 Å². The molecule has 0 radical (unpaired) electrons. The second kappa shape index (κ2) is 6.26. The van der Waals surface area contributed by atoms with Crippen LogP contribution in [0.3, 0.4) is 0 Å². The molecule has 1 aliphatic rings. The summed E-state index contributed by atoms with van der Waals surface area (Å²) < 4.78 is 0. The summed E-state index contributed by atoms with van der Waals surface area (Å²) in [6.07, 6.45) is 0.778. The van der Waals surface area contributed by atoms with Crippen LogP contribution in [0, 0.1) is 0 Å². The van der Waals surface area contributed by atoms with Gasteiger partial charge < -0.3 is 15.5 Å². The van der Waals surface area contributed by atoms with E-state index in [1.165, 1.54) is 0 Å². The highest BCUT2D eigenvalue weighted by atomic mass is 16.2. The van der Waals surface area contributed by atoms with Gasteiger partial charge in [-0.1, -0.05) is 18.2 Å². The number of amides is 2. The Morgan fingerprint density at radius 1 is 1.00 bits per heavy atom. The zero-order valence-electron chi connectivity index (χ0n) is 12.7. The molecule has 1 aliphatic heterocycles. The zero-order chi connectivity index (χ0) is 15.5. The first-order valence-electron chi connectivity index (χ1n) is 7.32. The topological polar surface area (TPSA) is 66.6 Å². The monoisotopic (exact) mass is 289 g/mol. The van der Waals surface area contributed by atoms with Crippen molar-refractivity contribution in [2.45, 2.75) is 25.8 Å². The number of benzene rings is 1. The molecule has 0 aliphatic carbocycles. The van der Waals surface area contributed by atoms with E-state index in [1.54, 1.807) is 18.7 Å². The van der Waals surface area contributed by atoms with Gasteiger partial charge in [-0.2, -0.15) is 0 Å². The highest BCUT2D eigenvalue weighted by Crippen LogP contribution is 2.12. The summed E-state index contributed by atoms with van der Waals surface area (Å²) in [6.45, 7) is 5.84. The first kappa shape index (κ1) is 15.5. The standard InChI is InChI=1S/C16H23N3O2/c1-16(2,17)15(21)19-10-6-9-18(11-12-19)14(20)13-7-4-3-5-8-13/h3-5,7-8H,6,9-12,17H2,1-2H3. The predicted molar refractivity (Wildman–Crippen MR) is 81.8 cm³/mol. The van der Waals surface area contributed by atoms with Crippen LogP contribution in [0.1, 0.15) is 30.6 Å². The molecule has 0 spiro atoms. The maximum absolute atomic E-state index is 12.4. The van der Waals surface area contributed by atoms with Gasteiger partial charge in [0.2, 0.25) is 5.91 Å². The van der Waals surface area contributed by atoms with Gasteiger partial charge in [0.1, 0.15) is 0 Å². The Hall–Kier alpha value is -1.88. The first-order valence-corrected chi connectivity index (χ1v) is 7.32. The van der Waals surface area contributed by atoms with Crippen LogP contribution in [-0.2, 0) is 4.79 Å². The Morgan fingerprint density at radius 2 is 1.57 bits per heavy atom. The van der Waals surface area contributed by atoms with E-state index >= 15 is 0 Å². The summed E-state index contributed by atoms with van der Waals surface area (Å²) in [5.74, 6) is -0.0339. The van der Waals surface area contributed by atoms with Gasteiger partial charge in [-0.05, 0) is 32.4 Å². The minimum atomic E-state index is -0.862. The Labute approximate surface area is 125 Å². The fraction of sp³-hybridized carbons (Fsp3) is 0.500. The number of rotatable bonds is 2. The van der Waals surface area contributed by atoms with E-state index in [2.05, 4.69) is 0 Å². The van der Waals surface area contributed by atoms with E-state index in [4.69, 9.17) is 5.73 Å². The largest absolute Gasteiger partial charge is 0.339 e. The van der Waals surface area contributed by atoms with Crippen molar-refractivity contribution in [1.29, 1.82) is 0 Å². The van der Waals surface area contributed by atoms with E-state index in [9.17, 15) is 9.59 Å². The Kier molecular flexibility index (Phi) is 4.63. The molecule has 0 saturated carbocycles. The summed E-state index contributed by atoms with van der Waals surface area (Å²) in [5, 5.41) is 0. The zero-order valence-corrected chi connectivity index (χ0v) is 12.7. The molecule has 0 bridgehead atoms. The molecule has 5 heteroatoms. The summed E-state index contributed by atoms with van der Waals surface area (Å²) in [4.78, 5) is 28.2. The van der Waals surface area contributed by atoms with Crippen molar-refractivity contribution in [3.8, 4) is 0 Å². The lowest BCUT2D eigenvalue weighted by Gasteiger charge is -2.28. The molecule has 1 heterocycles. The van der Waals surface area contributed by atoms with Gasteiger partial charge in [0.25, 0.3) is 5.91 Å². The summed E-state index contributed by atoms with van der Waals surface area (Å²) in [7, 11) is 0. The number of carbonyl (C=O) groups excluding carboxylic acids is 2. The van der Waals surface area contributed by atoms with Crippen molar-refractivity contribution in [2.75, 3.05) is 26.2 Å². The average Bonchev–Trinajstić information content (AvgIpc) is 2.71. The highest BCUT2D eigenvalue weighted by Gasteiger charge is 2.30. The Morgan fingerprint density at radius 3 is 2.19 bits per heavy atom.